The van der Waals surface area contributed by atoms with Gasteiger partial charge in [0, 0.05) is 24.0 Å². The van der Waals surface area contributed by atoms with Crippen LogP contribution in [0.2, 0.25) is 0 Å². The molecule has 0 radical (unpaired) electrons. The highest BCUT2D eigenvalue weighted by molar-refractivity contribution is 5.98. The Balaban J connectivity index is 2.03. The van der Waals surface area contributed by atoms with Crippen molar-refractivity contribution in [1.82, 2.24) is 10.3 Å². The number of benzene rings is 2. The standard InChI is InChI=1S/C24H25N3O3/c1-3-17-10-7-8-14-20(17)26-23(28)22(27-24(29)30-2)21(18-11-5-4-6-12-18)19-13-9-15-25-16-19/h4-16,21-22H,3H2,1-2H3,(H,26,28)(H,27,29). The highest BCUT2D eigenvalue weighted by Crippen LogP contribution is 2.29. The lowest BCUT2D eigenvalue weighted by Crippen LogP contribution is -2.48. The minimum absolute atomic E-state index is 0.334. The van der Waals surface area contributed by atoms with Gasteiger partial charge in [0.05, 0.1) is 7.11 Å². The Hall–Kier alpha value is -3.67. The summed E-state index contributed by atoms with van der Waals surface area (Å²) in [5, 5.41) is 5.70. The molecular weight excluding hydrogens is 378 g/mol. The van der Waals surface area contributed by atoms with Crippen molar-refractivity contribution in [2.75, 3.05) is 12.4 Å². The molecule has 154 valence electrons. The van der Waals surface area contributed by atoms with Gasteiger partial charge in [0.15, 0.2) is 0 Å². The van der Waals surface area contributed by atoms with Crippen LogP contribution in [-0.2, 0) is 16.0 Å². The first-order chi connectivity index (χ1) is 14.6. The van der Waals surface area contributed by atoms with Gasteiger partial charge in [-0.1, -0.05) is 61.5 Å². The lowest BCUT2D eigenvalue weighted by molar-refractivity contribution is -0.118. The van der Waals surface area contributed by atoms with Crippen LogP contribution in [0.25, 0.3) is 0 Å². The van der Waals surface area contributed by atoms with Gasteiger partial charge in [0.2, 0.25) is 5.91 Å². The van der Waals surface area contributed by atoms with Crippen LogP contribution in [0, 0.1) is 0 Å². The molecule has 2 unspecified atom stereocenters. The average Bonchev–Trinajstić information content (AvgIpc) is 2.80. The van der Waals surface area contributed by atoms with Crippen molar-refractivity contribution >= 4 is 17.7 Å². The highest BCUT2D eigenvalue weighted by Gasteiger charge is 2.33. The second kappa shape index (κ2) is 10.2. The summed E-state index contributed by atoms with van der Waals surface area (Å²) in [5.74, 6) is -0.785. The first kappa shape index (κ1) is 21.0. The Kier molecular flexibility index (Phi) is 7.16. The predicted octanol–water partition coefficient (Wildman–Crippen LogP) is 4.14. The Labute approximate surface area is 176 Å². The number of nitrogens with zero attached hydrogens (tertiary/aromatic N) is 1. The Morgan fingerprint density at radius 2 is 1.67 bits per heavy atom. The molecule has 0 saturated carbocycles. The Morgan fingerprint density at radius 1 is 0.967 bits per heavy atom. The molecular formula is C24H25N3O3. The number of alkyl carbamates (subject to hydrolysis) is 1. The van der Waals surface area contributed by atoms with Crippen molar-refractivity contribution in [3.8, 4) is 0 Å². The molecule has 0 aliphatic carbocycles. The number of hydrogen-bond acceptors (Lipinski definition) is 4. The minimum atomic E-state index is -0.908. The Morgan fingerprint density at radius 3 is 2.33 bits per heavy atom. The quantitative estimate of drug-likeness (QED) is 0.621. The van der Waals surface area contributed by atoms with Gasteiger partial charge in [-0.15, -0.1) is 0 Å². The van der Waals surface area contributed by atoms with Gasteiger partial charge >= 0.3 is 6.09 Å². The summed E-state index contributed by atoms with van der Waals surface area (Å²) >= 11 is 0. The third kappa shape index (κ3) is 5.03. The molecule has 2 amide bonds. The molecule has 6 nitrogen and oxygen atoms in total. The number of pyridine rings is 1. The maximum Gasteiger partial charge on any atom is 0.407 e. The Bertz CT molecular complexity index is 938. The zero-order valence-electron chi connectivity index (χ0n) is 17.0. The van der Waals surface area contributed by atoms with Crippen LogP contribution in [0.5, 0.6) is 0 Å². The lowest BCUT2D eigenvalue weighted by Gasteiger charge is -2.28. The summed E-state index contributed by atoms with van der Waals surface area (Å²) in [7, 11) is 1.28. The van der Waals surface area contributed by atoms with E-state index < -0.39 is 18.1 Å². The smallest absolute Gasteiger partial charge is 0.407 e. The third-order valence-corrected chi connectivity index (χ3v) is 4.93. The zero-order chi connectivity index (χ0) is 21.3. The number of aryl methyl sites for hydroxylation is 1. The van der Waals surface area contributed by atoms with E-state index >= 15 is 0 Å². The summed E-state index contributed by atoms with van der Waals surface area (Å²) in [6.45, 7) is 2.03. The number of para-hydroxylation sites is 1. The number of anilines is 1. The number of methoxy groups -OCH3 is 1. The van der Waals surface area contributed by atoms with Crippen molar-refractivity contribution in [3.63, 3.8) is 0 Å². The van der Waals surface area contributed by atoms with Crippen LogP contribution < -0.4 is 10.6 Å². The van der Waals surface area contributed by atoms with E-state index in [2.05, 4.69) is 15.6 Å². The second-order valence-corrected chi connectivity index (χ2v) is 6.79. The maximum absolute atomic E-state index is 13.4. The van der Waals surface area contributed by atoms with Gasteiger partial charge in [-0.05, 0) is 35.2 Å². The van der Waals surface area contributed by atoms with Crippen LogP contribution in [0.15, 0.2) is 79.1 Å². The van der Waals surface area contributed by atoms with Crippen LogP contribution in [-0.4, -0.2) is 30.1 Å². The van der Waals surface area contributed by atoms with E-state index in [4.69, 9.17) is 4.74 Å². The summed E-state index contributed by atoms with van der Waals surface area (Å²) in [6.07, 6.45) is 3.47. The molecule has 6 heteroatoms. The topological polar surface area (TPSA) is 80.3 Å². The molecule has 2 atom stereocenters. The number of hydrogen-bond donors (Lipinski definition) is 2. The molecule has 2 N–H and O–H groups in total. The number of aromatic nitrogens is 1. The molecule has 0 spiro atoms. The first-order valence-electron chi connectivity index (χ1n) is 9.82. The maximum atomic E-state index is 13.4. The number of nitrogens with one attached hydrogen (secondary N) is 2. The van der Waals surface area contributed by atoms with E-state index in [-0.39, 0.29) is 5.91 Å². The van der Waals surface area contributed by atoms with Crippen LogP contribution in [0.4, 0.5) is 10.5 Å². The number of amides is 2. The summed E-state index contributed by atoms with van der Waals surface area (Å²) in [5.41, 5.74) is 3.43. The van der Waals surface area contributed by atoms with Gasteiger partial charge in [0.25, 0.3) is 0 Å². The average molecular weight is 403 g/mol. The fourth-order valence-electron chi connectivity index (χ4n) is 3.44. The van der Waals surface area contributed by atoms with E-state index in [1.807, 2.05) is 73.7 Å². The van der Waals surface area contributed by atoms with Gasteiger partial charge in [-0.25, -0.2) is 4.79 Å². The van der Waals surface area contributed by atoms with E-state index in [0.717, 1.165) is 28.8 Å². The third-order valence-electron chi connectivity index (χ3n) is 4.93. The summed E-state index contributed by atoms with van der Waals surface area (Å²) in [6, 6.07) is 20.0. The molecule has 1 aromatic heterocycles. The van der Waals surface area contributed by atoms with E-state index in [1.165, 1.54) is 7.11 Å². The molecule has 0 aliphatic rings. The normalized spacial score (nSPS) is 12.5. The van der Waals surface area contributed by atoms with Gasteiger partial charge in [0.1, 0.15) is 6.04 Å². The molecule has 0 aliphatic heterocycles. The molecule has 0 saturated heterocycles. The molecule has 0 fully saturated rings. The largest absolute Gasteiger partial charge is 0.453 e. The second-order valence-electron chi connectivity index (χ2n) is 6.79. The van der Waals surface area contributed by atoms with Crippen molar-refractivity contribution in [1.29, 1.82) is 0 Å². The van der Waals surface area contributed by atoms with Crippen molar-refractivity contribution in [3.05, 3.63) is 95.8 Å². The SMILES string of the molecule is CCc1ccccc1NC(=O)C(NC(=O)OC)C(c1ccccc1)c1cccnc1. The van der Waals surface area contributed by atoms with E-state index in [9.17, 15) is 9.59 Å². The minimum Gasteiger partial charge on any atom is -0.453 e. The number of ether oxygens (including phenoxy) is 1. The van der Waals surface area contributed by atoms with Gasteiger partial charge < -0.3 is 15.4 Å². The van der Waals surface area contributed by atoms with Crippen LogP contribution >= 0.6 is 0 Å². The molecule has 2 aromatic carbocycles. The lowest BCUT2D eigenvalue weighted by atomic mass is 9.85. The number of carbonyl (C=O) groups is 2. The number of carbonyl (C=O) groups excluding carboxylic acids is 2. The first-order valence-corrected chi connectivity index (χ1v) is 9.82. The monoisotopic (exact) mass is 403 g/mol. The molecule has 1 heterocycles. The van der Waals surface area contributed by atoms with Crippen molar-refractivity contribution < 1.29 is 14.3 Å². The summed E-state index contributed by atoms with van der Waals surface area (Å²) < 4.78 is 4.80. The van der Waals surface area contributed by atoms with Crippen molar-refractivity contribution in [2.24, 2.45) is 0 Å². The van der Waals surface area contributed by atoms with Crippen molar-refractivity contribution in [2.45, 2.75) is 25.3 Å². The fourth-order valence-corrected chi connectivity index (χ4v) is 3.44. The van der Waals surface area contributed by atoms with Gasteiger partial charge in [-0.2, -0.15) is 0 Å². The summed E-state index contributed by atoms with van der Waals surface area (Å²) in [4.78, 5) is 29.8. The highest BCUT2D eigenvalue weighted by atomic mass is 16.5. The molecule has 30 heavy (non-hydrogen) atoms. The fraction of sp³-hybridized carbons (Fsp3) is 0.208. The number of rotatable bonds is 7. The molecule has 0 bridgehead atoms. The molecule has 3 aromatic rings. The van der Waals surface area contributed by atoms with Gasteiger partial charge in [-0.3, -0.25) is 9.78 Å². The van der Waals surface area contributed by atoms with Crippen LogP contribution in [0.1, 0.15) is 29.5 Å². The molecule has 3 rings (SSSR count). The van der Waals surface area contributed by atoms with Crippen LogP contribution in [0.3, 0.4) is 0 Å². The van der Waals surface area contributed by atoms with E-state index in [0.29, 0.717) is 0 Å². The predicted molar refractivity (Wildman–Crippen MR) is 116 cm³/mol. The zero-order valence-corrected chi connectivity index (χ0v) is 17.0. The van der Waals surface area contributed by atoms with E-state index in [1.54, 1.807) is 12.4 Å².